The molecule has 0 radical (unpaired) electrons. The maximum absolute atomic E-state index is 5.55. The van der Waals surface area contributed by atoms with E-state index < -0.39 is 0 Å². The quantitative estimate of drug-likeness (QED) is 0.358. The number of rotatable bonds is 6. The molecule has 0 saturated heterocycles. The Kier molecular flexibility index (Phi) is 6.20. The largest absolute Gasteiger partial charge is 0.271 e. The van der Waals surface area contributed by atoms with Crippen LogP contribution in [0.1, 0.15) is 31.0 Å². The molecule has 0 aromatic carbocycles. The minimum Gasteiger partial charge on any atom is -0.271 e. The summed E-state index contributed by atoms with van der Waals surface area (Å²) in [7, 11) is 0. The fourth-order valence-electron chi connectivity index (χ4n) is 1.45. The Morgan fingerprint density at radius 3 is 2.88 bits per heavy atom. The van der Waals surface area contributed by atoms with E-state index in [0.29, 0.717) is 0 Å². The number of hydrazine groups is 1. The molecule has 0 saturated carbocycles. The van der Waals surface area contributed by atoms with Crippen molar-refractivity contribution in [1.29, 1.82) is 0 Å². The van der Waals surface area contributed by atoms with Crippen LogP contribution in [0.3, 0.4) is 0 Å². The van der Waals surface area contributed by atoms with Gasteiger partial charge in [-0.2, -0.15) is 0 Å². The molecular weight excluding hydrogens is 334 g/mol. The van der Waals surface area contributed by atoms with Gasteiger partial charge in [0.1, 0.15) is 0 Å². The molecule has 0 aliphatic carbocycles. The van der Waals surface area contributed by atoms with Crippen LogP contribution in [0, 0.1) is 0 Å². The van der Waals surface area contributed by atoms with Gasteiger partial charge < -0.3 is 0 Å². The van der Waals surface area contributed by atoms with Gasteiger partial charge in [-0.3, -0.25) is 16.3 Å². The van der Waals surface area contributed by atoms with Gasteiger partial charge in [-0.25, -0.2) is 0 Å². The number of halogens is 2. The highest BCUT2D eigenvalue weighted by atomic mass is 79.9. The number of nitrogens with one attached hydrogen (secondary N) is 1. The van der Waals surface area contributed by atoms with Crippen LogP contribution in [0.2, 0.25) is 0 Å². The molecule has 0 aliphatic rings. The highest BCUT2D eigenvalue weighted by Crippen LogP contribution is 2.26. The summed E-state index contributed by atoms with van der Waals surface area (Å²) in [6.07, 6.45) is 6.67. The SMILES string of the molecule is C=CCCCC(NN)c1ncc(Br)cc1Br. The van der Waals surface area contributed by atoms with Gasteiger partial charge >= 0.3 is 0 Å². The molecule has 0 spiro atoms. The van der Waals surface area contributed by atoms with E-state index in [2.05, 4.69) is 48.8 Å². The summed E-state index contributed by atoms with van der Waals surface area (Å²) in [6.45, 7) is 3.70. The average molecular weight is 349 g/mol. The monoisotopic (exact) mass is 347 g/mol. The molecule has 1 rings (SSSR count). The number of nitrogens with two attached hydrogens (primary N) is 1. The molecule has 16 heavy (non-hydrogen) atoms. The Bertz CT molecular complexity index is 355. The number of hydrogen-bond donors (Lipinski definition) is 2. The zero-order valence-electron chi connectivity index (χ0n) is 8.92. The minimum atomic E-state index is 0.0717. The van der Waals surface area contributed by atoms with E-state index in [1.165, 1.54) is 0 Å². The van der Waals surface area contributed by atoms with Crippen LogP contribution in [0.15, 0.2) is 33.9 Å². The summed E-state index contributed by atoms with van der Waals surface area (Å²) in [6, 6.07) is 2.04. The smallest absolute Gasteiger partial charge is 0.0729 e. The number of unbranched alkanes of at least 4 members (excludes halogenated alkanes) is 1. The third kappa shape index (κ3) is 3.97. The maximum atomic E-state index is 5.55. The summed E-state index contributed by atoms with van der Waals surface area (Å²) >= 11 is 6.86. The van der Waals surface area contributed by atoms with Crippen molar-refractivity contribution in [2.24, 2.45) is 5.84 Å². The van der Waals surface area contributed by atoms with Crippen LogP contribution in [-0.2, 0) is 0 Å². The molecule has 1 atom stereocenters. The van der Waals surface area contributed by atoms with Crippen LogP contribution >= 0.6 is 31.9 Å². The molecule has 1 unspecified atom stereocenters. The molecule has 1 aromatic rings. The minimum absolute atomic E-state index is 0.0717. The molecule has 3 nitrogen and oxygen atoms in total. The van der Waals surface area contributed by atoms with Crippen molar-refractivity contribution >= 4 is 31.9 Å². The molecule has 88 valence electrons. The van der Waals surface area contributed by atoms with Crippen molar-refractivity contribution < 1.29 is 0 Å². The molecule has 1 heterocycles. The summed E-state index contributed by atoms with van der Waals surface area (Å²) in [5.41, 5.74) is 3.74. The number of pyridine rings is 1. The van der Waals surface area contributed by atoms with Gasteiger partial charge in [0.05, 0.1) is 11.7 Å². The number of hydrogen-bond acceptors (Lipinski definition) is 3. The van der Waals surface area contributed by atoms with E-state index in [1.807, 2.05) is 12.1 Å². The number of aromatic nitrogens is 1. The lowest BCUT2D eigenvalue weighted by Gasteiger charge is -2.16. The van der Waals surface area contributed by atoms with Crippen LogP contribution in [0.25, 0.3) is 0 Å². The second kappa shape index (κ2) is 7.17. The summed E-state index contributed by atoms with van der Waals surface area (Å²) in [5, 5.41) is 0. The lowest BCUT2D eigenvalue weighted by atomic mass is 10.1. The molecule has 1 aromatic heterocycles. The first-order valence-electron chi connectivity index (χ1n) is 5.07. The van der Waals surface area contributed by atoms with E-state index in [-0.39, 0.29) is 6.04 Å². The fourth-order valence-corrected chi connectivity index (χ4v) is 2.71. The second-order valence-electron chi connectivity index (χ2n) is 3.46. The predicted octanol–water partition coefficient (Wildman–Crippen LogP) is 3.47. The Balaban J connectivity index is 2.74. The summed E-state index contributed by atoms with van der Waals surface area (Å²) in [5.74, 6) is 5.55. The number of allylic oxidation sites excluding steroid dienone is 1. The third-order valence-corrected chi connectivity index (χ3v) is 3.34. The molecule has 5 heteroatoms. The zero-order valence-corrected chi connectivity index (χ0v) is 12.1. The Labute approximate surface area is 113 Å². The van der Waals surface area contributed by atoms with Gasteiger partial charge in [0, 0.05) is 15.1 Å². The molecule has 0 amide bonds. The Morgan fingerprint density at radius 1 is 1.56 bits per heavy atom. The van der Waals surface area contributed by atoms with Crippen molar-refractivity contribution in [3.05, 3.63) is 39.6 Å². The Morgan fingerprint density at radius 2 is 2.31 bits per heavy atom. The average Bonchev–Trinajstić information content (AvgIpc) is 2.26. The van der Waals surface area contributed by atoms with Crippen LogP contribution < -0.4 is 11.3 Å². The van der Waals surface area contributed by atoms with Gasteiger partial charge in [0.25, 0.3) is 0 Å². The van der Waals surface area contributed by atoms with E-state index in [4.69, 9.17) is 5.84 Å². The van der Waals surface area contributed by atoms with Gasteiger partial charge in [0.2, 0.25) is 0 Å². The highest BCUT2D eigenvalue weighted by molar-refractivity contribution is 9.11. The lowest BCUT2D eigenvalue weighted by Crippen LogP contribution is -2.29. The third-order valence-electron chi connectivity index (χ3n) is 2.27. The standard InChI is InChI=1S/C11H15Br2N3/c1-2-3-4-5-10(16-14)11-9(13)6-8(12)7-15-11/h2,6-7,10,16H,1,3-5,14H2. The number of nitrogens with zero attached hydrogens (tertiary/aromatic N) is 1. The van der Waals surface area contributed by atoms with Crippen LogP contribution in [0.4, 0.5) is 0 Å². The molecule has 0 fully saturated rings. The fraction of sp³-hybridized carbons (Fsp3) is 0.364. The van der Waals surface area contributed by atoms with Gasteiger partial charge in [-0.05, 0) is 57.2 Å². The highest BCUT2D eigenvalue weighted by Gasteiger charge is 2.14. The lowest BCUT2D eigenvalue weighted by molar-refractivity contribution is 0.488. The normalized spacial score (nSPS) is 12.4. The van der Waals surface area contributed by atoms with Crippen molar-refractivity contribution in [1.82, 2.24) is 10.4 Å². The molecule has 0 aliphatic heterocycles. The Hall–Kier alpha value is -0.230. The van der Waals surface area contributed by atoms with E-state index in [0.717, 1.165) is 33.9 Å². The summed E-state index contributed by atoms with van der Waals surface area (Å²) in [4.78, 5) is 4.37. The van der Waals surface area contributed by atoms with E-state index >= 15 is 0 Å². The van der Waals surface area contributed by atoms with Gasteiger partial charge in [-0.1, -0.05) is 6.08 Å². The van der Waals surface area contributed by atoms with Crippen molar-refractivity contribution in [3.63, 3.8) is 0 Å². The van der Waals surface area contributed by atoms with Crippen LogP contribution in [-0.4, -0.2) is 4.98 Å². The van der Waals surface area contributed by atoms with Crippen molar-refractivity contribution in [3.8, 4) is 0 Å². The molecule has 0 bridgehead atoms. The molecular formula is C11H15Br2N3. The second-order valence-corrected chi connectivity index (χ2v) is 5.23. The van der Waals surface area contributed by atoms with Gasteiger partial charge in [-0.15, -0.1) is 6.58 Å². The predicted molar refractivity (Wildman–Crippen MR) is 73.7 cm³/mol. The molecule has 3 N–H and O–H groups in total. The van der Waals surface area contributed by atoms with Crippen LogP contribution in [0.5, 0.6) is 0 Å². The maximum Gasteiger partial charge on any atom is 0.0729 e. The summed E-state index contributed by atoms with van der Waals surface area (Å²) < 4.78 is 1.91. The topological polar surface area (TPSA) is 50.9 Å². The van der Waals surface area contributed by atoms with E-state index in [9.17, 15) is 0 Å². The first kappa shape index (κ1) is 13.8. The van der Waals surface area contributed by atoms with Gasteiger partial charge in [0.15, 0.2) is 0 Å². The first-order valence-corrected chi connectivity index (χ1v) is 6.65. The van der Waals surface area contributed by atoms with Crippen molar-refractivity contribution in [2.45, 2.75) is 25.3 Å². The zero-order chi connectivity index (χ0) is 12.0. The van der Waals surface area contributed by atoms with E-state index in [1.54, 1.807) is 6.20 Å². The first-order chi connectivity index (χ1) is 7.69. The van der Waals surface area contributed by atoms with Crippen molar-refractivity contribution in [2.75, 3.05) is 0 Å².